The van der Waals surface area contributed by atoms with Crippen LogP contribution in [-0.4, -0.2) is 144 Å². The van der Waals surface area contributed by atoms with Gasteiger partial charge >= 0.3 is 24.4 Å². The molecule has 0 saturated carbocycles. The summed E-state index contributed by atoms with van der Waals surface area (Å²) in [7, 11) is 0. The van der Waals surface area contributed by atoms with Gasteiger partial charge in [-0.3, -0.25) is 14.5 Å². The summed E-state index contributed by atoms with van der Waals surface area (Å²) < 4.78 is 22.2. The standard InChI is InChI=1S/C24H36N2O3.C22H34N2O2.C20H31NO2.C18H27NO2.C15H21NO.C14H21N/c1-17(27)26-15-12-24(19-9-8-18(16-20(19)26)22(2,3)4)10-13-25(14-11-24)21(28)29-23(5,6)7;1-20(2,3)16-7-8-17-18(15-16)23-12-9-22(17)10-13-24(14-11-22)19(25)26-21(4,5)6;1-18(2,3)14-9-10-15-16(13-14)21(12-11-20(15,7)8)17(22)23-19(4,5)6;1-17(2,3)15-8-7-13-9-10-19(12-14(13)11-15)16(20)21-18(4,5)6;1-11(17)16-8-7-12-5-6-14(15(2,3)4)9-13(12)10-16;1-14(2,3)12-8-7-11-6-4-5-9-15-13(11)10-12/h8-9,16H,10-15H2,1-7H3;7-8,15,23H,9-14H2,1-6H3;9-10,13H,11-12H2,1-8H3;7-8,11H,9-10,12H2,1-6H3;5-6,9H,7-8,10H2,1-4H3;7-8,10,15H,4-6,9H2,1-3H3. The maximum Gasteiger partial charge on any atom is 0.414 e. The van der Waals surface area contributed by atoms with E-state index in [-0.39, 0.29) is 84.9 Å². The molecule has 8 aliphatic heterocycles. The predicted molar refractivity (Wildman–Crippen MR) is 542 cm³/mol. The fourth-order valence-corrected chi connectivity index (χ4v) is 18.5. The van der Waals surface area contributed by atoms with Crippen molar-refractivity contribution >= 4 is 58.9 Å². The van der Waals surface area contributed by atoms with Crippen molar-refractivity contribution in [1.82, 2.24) is 19.6 Å². The predicted octanol–water partition coefficient (Wildman–Crippen LogP) is 26.4. The van der Waals surface area contributed by atoms with E-state index in [2.05, 4.69) is 258 Å². The van der Waals surface area contributed by atoms with Gasteiger partial charge < -0.3 is 54.1 Å². The minimum absolute atomic E-state index is 0.0240. The Labute approximate surface area is 791 Å². The number of carbonyl (C=O) groups is 6. The third-order valence-electron chi connectivity index (χ3n) is 26.9. The number of amides is 6. The molecule has 0 unspecified atom stereocenters. The molecule has 2 N–H and O–H groups in total. The first-order valence-electron chi connectivity index (χ1n) is 48.9. The summed E-state index contributed by atoms with van der Waals surface area (Å²) in [4.78, 5) is 84.6. The summed E-state index contributed by atoms with van der Waals surface area (Å²) in [6, 6.07) is 40.4. The van der Waals surface area contributed by atoms with Crippen LogP contribution < -0.4 is 20.4 Å². The summed E-state index contributed by atoms with van der Waals surface area (Å²) in [5.74, 6) is 0.273. The number of piperidine rings is 2. The van der Waals surface area contributed by atoms with Gasteiger partial charge in [0.2, 0.25) is 11.8 Å². The highest BCUT2D eigenvalue weighted by Gasteiger charge is 2.46. The molecule has 6 aromatic rings. The lowest BCUT2D eigenvalue weighted by Gasteiger charge is -2.48. The Bertz CT molecular complexity index is 4980. The molecule has 8 aliphatic rings. The number of rotatable bonds is 0. The Hall–Kier alpha value is -9.06. The molecule has 6 aromatic carbocycles. The maximum absolute atomic E-state index is 12.7. The minimum Gasteiger partial charge on any atom is -0.444 e. The van der Waals surface area contributed by atoms with Crippen LogP contribution in [0, 0.1) is 0 Å². The second-order valence-corrected chi connectivity index (χ2v) is 49.1. The van der Waals surface area contributed by atoms with E-state index >= 15 is 0 Å². The fraction of sp³-hybridized carbons (Fsp3) is 0.628. The molecule has 0 aromatic heterocycles. The van der Waals surface area contributed by atoms with E-state index in [1.165, 1.54) is 109 Å². The number of nitrogens with one attached hydrogen (secondary N) is 2. The summed E-state index contributed by atoms with van der Waals surface area (Å²) in [6.07, 6.45) is 11.7. The average molecular weight is 1800 g/mol. The normalized spacial score (nSPS) is 17.7. The molecule has 0 bridgehead atoms. The Kier molecular flexibility index (Phi) is 32.8. The van der Waals surface area contributed by atoms with E-state index in [0.29, 0.717) is 26.2 Å². The lowest BCUT2D eigenvalue weighted by molar-refractivity contribution is -0.129. The zero-order valence-electron chi connectivity index (χ0n) is 87.6. The topological polar surface area (TPSA) is 183 Å². The summed E-state index contributed by atoms with van der Waals surface area (Å²) in [6.45, 7) is 80.3. The van der Waals surface area contributed by atoms with E-state index in [1.807, 2.05) is 103 Å². The van der Waals surface area contributed by atoms with Crippen LogP contribution in [0.1, 0.15) is 371 Å². The second-order valence-electron chi connectivity index (χ2n) is 49.1. The number of benzene rings is 6. The Balaban J connectivity index is 0.000000179. The number of ether oxygens (including phenoxy) is 4. The van der Waals surface area contributed by atoms with Crippen molar-refractivity contribution in [2.24, 2.45) is 0 Å². The Morgan fingerprint density at radius 3 is 1.05 bits per heavy atom. The van der Waals surface area contributed by atoms with Gasteiger partial charge in [-0.1, -0.05) is 223 Å². The highest BCUT2D eigenvalue weighted by Crippen LogP contribution is 2.50. The van der Waals surface area contributed by atoms with E-state index in [9.17, 15) is 28.8 Å². The summed E-state index contributed by atoms with van der Waals surface area (Å²) >= 11 is 0. The molecule has 0 aliphatic carbocycles. The van der Waals surface area contributed by atoms with Crippen molar-refractivity contribution in [2.75, 3.05) is 85.9 Å². The second kappa shape index (κ2) is 40.6. The molecular formula is C113H170N8O10. The number of hydrogen-bond donors (Lipinski definition) is 2. The van der Waals surface area contributed by atoms with Gasteiger partial charge in [-0.25, -0.2) is 19.2 Å². The Morgan fingerprint density at radius 1 is 0.290 bits per heavy atom. The van der Waals surface area contributed by atoms with Gasteiger partial charge in [0.25, 0.3) is 0 Å². The van der Waals surface area contributed by atoms with E-state index in [0.717, 1.165) is 122 Å². The molecule has 6 amide bonds. The first-order chi connectivity index (χ1) is 60.1. The molecule has 14 rings (SSSR count). The molecule has 8 heterocycles. The van der Waals surface area contributed by atoms with Crippen molar-refractivity contribution < 1.29 is 47.7 Å². The van der Waals surface area contributed by atoms with Crippen LogP contribution in [0.2, 0.25) is 0 Å². The quantitative estimate of drug-likeness (QED) is 0.138. The average Bonchev–Trinajstić information content (AvgIpc) is 0.924. The zero-order chi connectivity index (χ0) is 97.8. The molecule has 131 heavy (non-hydrogen) atoms. The van der Waals surface area contributed by atoms with E-state index in [1.54, 1.807) is 23.6 Å². The van der Waals surface area contributed by atoms with Crippen LogP contribution in [0.4, 0.5) is 41.9 Å². The fourth-order valence-electron chi connectivity index (χ4n) is 18.5. The number of anilines is 4. The monoisotopic (exact) mass is 1800 g/mol. The highest BCUT2D eigenvalue weighted by molar-refractivity contribution is 5.94. The molecule has 0 atom stereocenters. The van der Waals surface area contributed by atoms with Gasteiger partial charge in [-0.2, -0.15) is 0 Å². The number of nitrogens with zero attached hydrogens (tertiary/aromatic N) is 6. The van der Waals surface area contributed by atoms with Gasteiger partial charge in [-0.15, -0.1) is 0 Å². The summed E-state index contributed by atoms with van der Waals surface area (Å²) in [5, 5.41) is 7.14. The zero-order valence-corrected chi connectivity index (χ0v) is 87.6. The lowest BCUT2D eigenvalue weighted by atomic mass is 9.67. The van der Waals surface area contributed by atoms with Gasteiger partial charge in [0.1, 0.15) is 22.4 Å². The van der Waals surface area contributed by atoms with Crippen molar-refractivity contribution in [3.05, 3.63) is 187 Å². The van der Waals surface area contributed by atoms with Crippen molar-refractivity contribution in [3.8, 4) is 0 Å². The maximum atomic E-state index is 12.7. The van der Waals surface area contributed by atoms with Crippen LogP contribution in [0.3, 0.4) is 0 Å². The molecule has 18 nitrogen and oxygen atoms in total. The van der Waals surface area contributed by atoms with Crippen LogP contribution >= 0.6 is 0 Å². The van der Waals surface area contributed by atoms with Gasteiger partial charge in [-0.05, 0) is 300 Å². The number of likely N-dealkylation sites (tertiary alicyclic amines) is 2. The molecule has 18 heteroatoms. The van der Waals surface area contributed by atoms with E-state index in [4.69, 9.17) is 18.9 Å². The van der Waals surface area contributed by atoms with Crippen molar-refractivity contribution in [3.63, 3.8) is 0 Å². The van der Waals surface area contributed by atoms with Crippen LogP contribution in [0.25, 0.3) is 0 Å². The Morgan fingerprint density at radius 2 is 0.626 bits per heavy atom. The largest absolute Gasteiger partial charge is 0.444 e. The van der Waals surface area contributed by atoms with Gasteiger partial charge in [0, 0.05) is 120 Å². The van der Waals surface area contributed by atoms with Gasteiger partial charge in [0.05, 0.1) is 5.69 Å². The summed E-state index contributed by atoms with van der Waals surface area (Å²) in [5.41, 5.74) is 22.6. The van der Waals surface area contributed by atoms with Crippen molar-refractivity contribution in [1.29, 1.82) is 0 Å². The highest BCUT2D eigenvalue weighted by atomic mass is 16.6. The third-order valence-corrected chi connectivity index (χ3v) is 26.9. The smallest absolute Gasteiger partial charge is 0.414 e. The van der Waals surface area contributed by atoms with E-state index < -0.39 is 22.4 Å². The molecule has 722 valence electrons. The minimum atomic E-state index is -0.480. The number of fused-ring (bicyclic) bond motifs is 8. The van der Waals surface area contributed by atoms with Gasteiger partial charge in [0.15, 0.2) is 0 Å². The molecular weight excluding hydrogens is 1630 g/mol. The number of hydrogen-bond acceptors (Lipinski definition) is 12. The third kappa shape index (κ3) is 28.8. The molecule has 2 saturated heterocycles. The van der Waals surface area contributed by atoms with Crippen LogP contribution in [0.15, 0.2) is 109 Å². The number of carbonyl (C=O) groups excluding carboxylic acids is 6. The van der Waals surface area contributed by atoms with Crippen molar-refractivity contribution in [2.45, 2.75) is 397 Å². The molecule has 2 fully saturated rings. The van der Waals surface area contributed by atoms with Crippen LogP contribution in [0.5, 0.6) is 0 Å². The van der Waals surface area contributed by atoms with Crippen LogP contribution in [-0.2, 0) is 110 Å². The lowest BCUT2D eigenvalue weighted by Crippen LogP contribution is -2.50. The SMILES string of the molecule is CC(=O)N1CCC2(CCN(C(=O)OC(C)(C)C)CC2)c2ccc(C(C)(C)C)cc21.CC(=O)N1CCc2ccc(C(C)(C)C)cc2C1.CC(C)(C)OC(=O)N1CCC(C)(C)c2ccc(C(C)(C)C)cc21.CC(C)(C)OC(=O)N1CCC2(CCNc3cc(C(C)(C)C)ccc32)CC1.CC(C)(C)OC(=O)N1CCc2ccc(C(C)(C)C)cc2C1.CC(C)(C)c1ccc2c(c1)NCCCC2. The molecule has 0 radical (unpaired) electrons. The first kappa shape index (κ1) is 106. The molecule has 2 spiro atoms. The number of aryl methyl sites for hydroxylation is 1. The first-order valence-corrected chi connectivity index (χ1v) is 48.9.